The number of tetrazole rings is 1. The van der Waals surface area contributed by atoms with Crippen molar-refractivity contribution in [3.8, 4) is 5.69 Å². The first kappa shape index (κ1) is 18.4. The number of hydrogen-bond donors (Lipinski definition) is 0. The summed E-state index contributed by atoms with van der Waals surface area (Å²) in [7, 11) is 0. The van der Waals surface area contributed by atoms with E-state index < -0.39 is 5.60 Å². The van der Waals surface area contributed by atoms with E-state index in [4.69, 9.17) is 4.74 Å². The molecule has 28 heavy (non-hydrogen) atoms. The van der Waals surface area contributed by atoms with E-state index in [1.54, 1.807) is 9.58 Å². The largest absolute Gasteiger partial charge is 0.444 e. The number of likely N-dealkylation sites (tertiary alicyclic amines) is 1. The average molecular weight is 384 g/mol. The standard InChI is InChI=1S/C19H24N6O3/c1-19(2,3)28-18(27)23-8-6-14(7-9-23)24-11-13-10-15(25-12-20-21-22-25)4-5-16(13)17(24)26/h4-5,10,12,14H,6-9,11H2,1-3H3. The molecule has 0 bridgehead atoms. The number of fused-ring (bicyclic) bond motifs is 1. The molecular weight excluding hydrogens is 360 g/mol. The van der Waals surface area contributed by atoms with Gasteiger partial charge in [0.15, 0.2) is 0 Å². The third kappa shape index (κ3) is 3.56. The van der Waals surface area contributed by atoms with Crippen LogP contribution in [0.2, 0.25) is 0 Å². The number of benzene rings is 1. The van der Waals surface area contributed by atoms with Gasteiger partial charge in [0.1, 0.15) is 11.9 Å². The molecule has 9 heteroatoms. The number of hydrogen-bond acceptors (Lipinski definition) is 6. The number of amides is 2. The quantitative estimate of drug-likeness (QED) is 0.786. The maximum absolute atomic E-state index is 12.9. The van der Waals surface area contributed by atoms with Crippen LogP contribution in [0.25, 0.3) is 5.69 Å². The van der Waals surface area contributed by atoms with Crippen molar-refractivity contribution in [2.75, 3.05) is 13.1 Å². The molecule has 1 saturated heterocycles. The zero-order valence-corrected chi connectivity index (χ0v) is 16.3. The van der Waals surface area contributed by atoms with Gasteiger partial charge in [-0.25, -0.2) is 9.48 Å². The summed E-state index contributed by atoms with van der Waals surface area (Å²) in [5.41, 5.74) is 2.04. The van der Waals surface area contributed by atoms with E-state index >= 15 is 0 Å². The number of carbonyl (C=O) groups excluding carboxylic acids is 2. The van der Waals surface area contributed by atoms with Crippen LogP contribution in [0.5, 0.6) is 0 Å². The van der Waals surface area contributed by atoms with Gasteiger partial charge in [-0.1, -0.05) is 0 Å². The van der Waals surface area contributed by atoms with E-state index in [9.17, 15) is 9.59 Å². The Morgan fingerprint density at radius 1 is 1.21 bits per heavy atom. The van der Waals surface area contributed by atoms with Crippen molar-refractivity contribution in [3.05, 3.63) is 35.7 Å². The number of carbonyl (C=O) groups is 2. The van der Waals surface area contributed by atoms with Gasteiger partial charge in [0, 0.05) is 31.2 Å². The fourth-order valence-electron chi connectivity index (χ4n) is 3.73. The van der Waals surface area contributed by atoms with Crippen molar-refractivity contribution in [1.29, 1.82) is 0 Å². The van der Waals surface area contributed by atoms with Crippen LogP contribution in [0.3, 0.4) is 0 Å². The predicted octanol–water partition coefficient (Wildman–Crippen LogP) is 2.02. The SMILES string of the molecule is CC(C)(C)OC(=O)N1CCC(N2Cc3cc(-n4cnnn4)ccc3C2=O)CC1. The molecule has 3 heterocycles. The van der Waals surface area contributed by atoms with Crippen LogP contribution < -0.4 is 0 Å². The van der Waals surface area contributed by atoms with Gasteiger partial charge in [0.2, 0.25) is 0 Å². The van der Waals surface area contributed by atoms with Crippen LogP contribution in [0.1, 0.15) is 49.5 Å². The Bertz CT molecular complexity index is 882. The van der Waals surface area contributed by atoms with Crippen molar-refractivity contribution in [3.63, 3.8) is 0 Å². The van der Waals surface area contributed by atoms with Gasteiger partial charge in [-0.3, -0.25) is 4.79 Å². The van der Waals surface area contributed by atoms with Crippen molar-refractivity contribution < 1.29 is 14.3 Å². The number of piperidine rings is 1. The Kier molecular flexibility index (Phi) is 4.52. The molecule has 0 atom stereocenters. The summed E-state index contributed by atoms with van der Waals surface area (Å²) >= 11 is 0. The first-order valence-electron chi connectivity index (χ1n) is 9.47. The number of nitrogens with zero attached hydrogens (tertiary/aromatic N) is 6. The minimum Gasteiger partial charge on any atom is -0.444 e. The van der Waals surface area contributed by atoms with Gasteiger partial charge in [0.05, 0.1) is 5.69 Å². The molecule has 0 aliphatic carbocycles. The summed E-state index contributed by atoms with van der Waals surface area (Å²) in [5.74, 6) is 0.0500. The Balaban J connectivity index is 1.41. The van der Waals surface area contributed by atoms with Crippen LogP contribution >= 0.6 is 0 Å². The van der Waals surface area contributed by atoms with E-state index in [0.717, 1.165) is 29.7 Å². The van der Waals surface area contributed by atoms with E-state index in [1.807, 2.05) is 43.9 Å². The summed E-state index contributed by atoms with van der Waals surface area (Å²) in [6.45, 7) is 7.34. The summed E-state index contributed by atoms with van der Waals surface area (Å²) < 4.78 is 7.02. The second-order valence-corrected chi connectivity index (χ2v) is 8.23. The maximum atomic E-state index is 12.9. The van der Waals surface area contributed by atoms with Crippen molar-refractivity contribution in [2.24, 2.45) is 0 Å². The second kappa shape index (κ2) is 6.88. The van der Waals surface area contributed by atoms with E-state index in [2.05, 4.69) is 15.5 Å². The van der Waals surface area contributed by atoms with Crippen LogP contribution in [0.4, 0.5) is 4.79 Å². The normalized spacial score (nSPS) is 17.8. The number of aromatic nitrogens is 4. The van der Waals surface area contributed by atoms with Crippen molar-refractivity contribution in [1.82, 2.24) is 30.0 Å². The lowest BCUT2D eigenvalue weighted by molar-refractivity contribution is 0.0148. The molecule has 0 spiro atoms. The van der Waals surface area contributed by atoms with Crippen LogP contribution in [0.15, 0.2) is 24.5 Å². The molecular formula is C19H24N6O3. The average Bonchev–Trinajstić information content (AvgIpc) is 3.29. The number of rotatable bonds is 2. The fourth-order valence-corrected chi connectivity index (χ4v) is 3.73. The summed E-state index contributed by atoms with van der Waals surface area (Å²) in [6.07, 6.45) is 2.74. The lowest BCUT2D eigenvalue weighted by Gasteiger charge is -2.37. The predicted molar refractivity (Wildman–Crippen MR) is 99.9 cm³/mol. The van der Waals surface area contributed by atoms with Crippen LogP contribution in [-0.2, 0) is 11.3 Å². The molecule has 0 N–H and O–H groups in total. The van der Waals surface area contributed by atoms with E-state index in [-0.39, 0.29) is 18.0 Å². The van der Waals surface area contributed by atoms with Gasteiger partial charge in [-0.05, 0) is 67.8 Å². The highest BCUT2D eigenvalue weighted by atomic mass is 16.6. The van der Waals surface area contributed by atoms with Gasteiger partial charge < -0.3 is 14.5 Å². The maximum Gasteiger partial charge on any atom is 0.410 e. The highest BCUT2D eigenvalue weighted by molar-refractivity contribution is 5.98. The minimum atomic E-state index is -0.502. The summed E-state index contributed by atoms with van der Waals surface area (Å²) in [6, 6.07) is 5.76. The van der Waals surface area contributed by atoms with Crippen LogP contribution in [0, 0.1) is 0 Å². The summed E-state index contributed by atoms with van der Waals surface area (Å²) in [4.78, 5) is 28.8. The molecule has 2 aromatic rings. The van der Waals surface area contributed by atoms with E-state index in [1.165, 1.54) is 6.33 Å². The molecule has 1 aromatic carbocycles. The minimum absolute atomic E-state index is 0.0500. The first-order chi connectivity index (χ1) is 13.3. The van der Waals surface area contributed by atoms with Gasteiger partial charge >= 0.3 is 6.09 Å². The Hall–Kier alpha value is -2.97. The Labute approximate surface area is 163 Å². The van der Waals surface area contributed by atoms with Gasteiger partial charge in [0.25, 0.3) is 5.91 Å². The molecule has 1 fully saturated rings. The van der Waals surface area contributed by atoms with Gasteiger partial charge in [-0.15, -0.1) is 5.10 Å². The van der Waals surface area contributed by atoms with Gasteiger partial charge in [-0.2, -0.15) is 0 Å². The molecule has 0 saturated carbocycles. The fraction of sp³-hybridized carbons (Fsp3) is 0.526. The molecule has 2 amide bonds. The topological polar surface area (TPSA) is 93.4 Å². The summed E-state index contributed by atoms with van der Waals surface area (Å²) in [5, 5.41) is 11.2. The highest BCUT2D eigenvalue weighted by Crippen LogP contribution is 2.30. The number of ether oxygens (including phenoxy) is 1. The van der Waals surface area contributed by atoms with Crippen LogP contribution in [-0.4, -0.2) is 66.7 Å². The lowest BCUT2D eigenvalue weighted by Crippen LogP contribution is -2.48. The molecule has 0 unspecified atom stereocenters. The van der Waals surface area contributed by atoms with Crippen molar-refractivity contribution >= 4 is 12.0 Å². The first-order valence-corrected chi connectivity index (χ1v) is 9.47. The molecule has 2 aliphatic heterocycles. The molecule has 9 nitrogen and oxygen atoms in total. The molecule has 4 rings (SSSR count). The molecule has 2 aliphatic rings. The zero-order valence-electron chi connectivity index (χ0n) is 16.3. The third-order valence-electron chi connectivity index (χ3n) is 5.09. The second-order valence-electron chi connectivity index (χ2n) is 8.23. The Morgan fingerprint density at radius 2 is 1.96 bits per heavy atom. The highest BCUT2D eigenvalue weighted by Gasteiger charge is 2.36. The third-order valence-corrected chi connectivity index (χ3v) is 5.09. The van der Waals surface area contributed by atoms with E-state index in [0.29, 0.717) is 19.6 Å². The van der Waals surface area contributed by atoms with Crippen molar-refractivity contribution in [2.45, 2.75) is 51.8 Å². The molecule has 1 aromatic heterocycles. The monoisotopic (exact) mass is 384 g/mol. The molecule has 148 valence electrons. The molecule has 0 radical (unpaired) electrons. The smallest absolute Gasteiger partial charge is 0.410 e. The lowest BCUT2D eigenvalue weighted by atomic mass is 10.0. The zero-order chi connectivity index (χ0) is 19.9. The Morgan fingerprint density at radius 3 is 2.61 bits per heavy atom.